The summed E-state index contributed by atoms with van der Waals surface area (Å²) in [5.41, 5.74) is 1.26. The Balaban J connectivity index is 0.00000272. The van der Waals surface area contributed by atoms with Gasteiger partial charge in [0.05, 0.1) is 6.26 Å². The lowest BCUT2D eigenvalue weighted by Crippen LogP contribution is -2.54. The molecule has 8 nitrogen and oxygen atoms in total. The number of fused-ring (bicyclic) bond motifs is 1. The van der Waals surface area contributed by atoms with E-state index in [1.807, 2.05) is 11.8 Å². The Hall–Kier alpha value is -2.08. The van der Waals surface area contributed by atoms with E-state index in [2.05, 4.69) is 26.7 Å². The van der Waals surface area contributed by atoms with Gasteiger partial charge in [-0.1, -0.05) is 0 Å². The van der Waals surface area contributed by atoms with Crippen LogP contribution in [-0.2, 0) is 17.8 Å². The third-order valence-corrected chi connectivity index (χ3v) is 6.48. The number of aliphatic imine (C=N–C) groups is 1. The average molecular weight is 557 g/mol. The van der Waals surface area contributed by atoms with E-state index in [0.717, 1.165) is 25.5 Å². The van der Waals surface area contributed by atoms with Crippen molar-refractivity contribution in [2.24, 2.45) is 4.99 Å². The number of carbonyl (C=O) groups excluding carboxylic acids is 2. The van der Waals surface area contributed by atoms with E-state index in [1.54, 1.807) is 28.4 Å². The van der Waals surface area contributed by atoms with Crippen molar-refractivity contribution < 1.29 is 14.0 Å². The molecule has 0 radical (unpaired) electrons. The molecule has 0 atom stereocenters. The number of hydrogen-bond acceptors (Lipinski definition) is 5. The van der Waals surface area contributed by atoms with Crippen LogP contribution in [0.25, 0.3) is 0 Å². The standard InChI is InChI=1S/C21H27N5O3S.HI/c1-2-22-21(23-14-19(27)26-7-5-18-16(15-26)6-13-30-18)25-10-8-24(9-11-25)20(28)17-4-3-12-29-17;/h3-4,6,12-13H,2,5,7-11,14-15H2,1H3,(H,22,23);1H. The second kappa shape index (κ2) is 11.0. The quantitative estimate of drug-likeness (QED) is 0.355. The Morgan fingerprint density at radius 1 is 1.13 bits per heavy atom. The number of nitrogens with zero attached hydrogens (tertiary/aromatic N) is 4. The fourth-order valence-corrected chi connectivity index (χ4v) is 4.70. The molecule has 2 aliphatic rings. The number of carbonyl (C=O) groups is 2. The molecule has 10 heteroatoms. The first-order chi connectivity index (χ1) is 14.7. The summed E-state index contributed by atoms with van der Waals surface area (Å²) in [4.78, 5) is 36.9. The molecule has 31 heavy (non-hydrogen) atoms. The molecule has 4 heterocycles. The minimum absolute atomic E-state index is 0. The number of amides is 2. The Kier molecular flexibility index (Phi) is 8.35. The zero-order valence-corrected chi connectivity index (χ0v) is 20.7. The van der Waals surface area contributed by atoms with Gasteiger partial charge in [0.15, 0.2) is 11.7 Å². The molecule has 2 aliphatic heterocycles. The predicted molar refractivity (Wildman–Crippen MR) is 131 cm³/mol. The van der Waals surface area contributed by atoms with Gasteiger partial charge in [-0.3, -0.25) is 9.59 Å². The molecule has 4 rings (SSSR count). The molecule has 0 spiro atoms. The van der Waals surface area contributed by atoms with Crippen molar-refractivity contribution in [2.75, 3.05) is 45.8 Å². The Morgan fingerprint density at radius 2 is 1.90 bits per heavy atom. The van der Waals surface area contributed by atoms with Crippen LogP contribution < -0.4 is 5.32 Å². The largest absolute Gasteiger partial charge is 0.459 e. The number of piperazine rings is 1. The van der Waals surface area contributed by atoms with Crippen molar-refractivity contribution in [1.82, 2.24) is 20.0 Å². The number of thiophene rings is 1. The topological polar surface area (TPSA) is 81.4 Å². The minimum Gasteiger partial charge on any atom is -0.459 e. The van der Waals surface area contributed by atoms with E-state index in [-0.39, 0.29) is 42.3 Å². The summed E-state index contributed by atoms with van der Waals surface area (Å²) in [6.07, 6.45) is 2.44. The lowest BCUT2D eigenvalue weighted by atomic mass is 10.1. The summed E-state index contributed by atoms with van der Waals surface area (Å²) < 4.78 is 5.22. The van der Waals surface area contributed by atoms with Crippen molar-refractivity contribution in [3.05, 3.63) is 46.0 Å². The molecule has 0 unspecified atom stereocenters. The zero-order valence-electron chi connectivity index (χ0n) is 17.6. The molecular weight excluding hydrogens is 529 g/mol. The van der Waals surface area contributed by atoms with E-state index in [0.29, 0.717) is 38.5 Å². The van der Waals surface area contributed by atoms with Crippen LogP contribution in [-0.4, -0.2) is 78.3 Å². The summed E-state index contributed by atoms with van der Waals surface area (Å²) in [6.45, 7) is 6.80. The van der Waals surface area contributed by atoms with E-state index in [9.17, 15) is 9.59 Å². The highest BCUT2D eigenvalue weighted by molar-refractivity contribution is 14.0. The van der Waals surface area contributed by atoms with Gasteiger partial charge in [0.1, 0.15) is 6.54 Å². The normalized spacial score (nSPS) is 16.5. The van der Waals surface area contributed by atoms with E-state index >= 15 is 0 Å². The SMILES string of the molecule is CCNC(=NCC(=O)N1CCc2sccc2C1)N1CCN(C(=O)c2ccco2)CC1.I. The highest BCUT2D eigenvalue weighted by Gasteiger charge is 2.26. The third-order valence-electron chi connectivity index (χ3n) is 5.46. The van der Waals surface area contributed by atoms with E-state index in [1.165, 1.54) is 16.7 Å². The van der Waals surface area contributed by atoms with E-state index < -0.39 is 0 Å². The monoisotopic (exact) mass is 557 g/mol. The molecule has 1 fully saturated rings. The minimum atomic E-state index is -0.0883. The number of rotatable bonds is 4. The van der Waals surface area contributed by atoms with Crippen LogP contribution in [0.1, 0.15) is 27.9 Å². The summed E-state index contributed by atoms with van der Waals surface area (Å²) in [5, 5.41) is 5.37. The van der Waals surface area contributed by atoms with Gasteiger partial charge in [-0.2, -0.15) is 0 Å². The number of furan rings is 1. The van der Waals surface area contributed by atoms with Crippen LogP contribution in [0.2, 0.25) is 0 Å². The molecule has 2 aromatic rings. The first kappa shape index (κ1) is 23.6. The fourth-order valence-electron chi connectivity index (χ4n) is 3.81. The molecular formula is C21H28IN5O3S. The van der Waals surface area contributed by atoms with Crippen LogP contribution in [0.5, 0.6) is 0 Å². The summed E-state index contributed by atoms with van der Waals surface area (Å²) >= 11 is 1.77. The molecule has 0 aromatic carbocycles. The molecule has 1 saturated heterocycles. The van der Waals surface area contributed by atoms with Gasteiger partial charge in [0.25, 0.3) is 5.91 Å². The lowest BCUT2D eigenvalue weighted by Gasteiger charge is -2.36. The van der Waals surface area contributed by atoms with Crippen molar-refractivity contribution in [1.29, 1.82) is 0 Å². The third kappa shape index (κ3) is 5.59. The first-order valence-corrected chi connectivity index (χ1v) is 11.2. The summed E-state index contributed by atoms with van der Waals surface area (Å²) in [6, 6.07) is 5.51. The molecule has 0 aliphatic carbocycles. The van der Waals surface area contributed by atoms with Gasteiger partial charge in [0.2, 0.25) is 5.91 Å². The van der Waals surface area contributed by atoms with Gasteiger partial charge in [0, 0.05) is 50.7 Å². The molecule has 2 amide bonds. The predicted octanol–water partition coefficient (Wildman–Crippen LogP) is 2.27. The Morgan fingerprint density at radius 3 is 2.61 bits per heavy atom. The van der Waals surface area contributed by atoms with Gasteiger partial charge >= 0.3 is 0 Å². The molecule has 1 N–H and O–H groups in total. The van der Waals surface area contributed by atoms with Gasteiger partial charge < -0.3 is 24.4 Å². The average Bonchev–Trinajstić information content (AvgIpc) is 3.47. The molecule has 0 saturated carbocycles. The number of guanidine groups is 1. The smallest absolute Gasteiger partial charge is 0.289 e. The van der Waals surface area contributed by atoms with Crippen LogP contribution in [0.15, 0.2) is 39.3 Å². The molecule has 2 aromatic heterocycles. The number of nitrogens with one attached hydrogen (secondary N) is 1. The number of hydrogen-bond donors (Lipinski definition) is 1. The van der Waals surface area contributed by atoms with Crippen LogP contribution in [0.4, 0.5) is 0 Å². The second-order valence-electron chi connectivity index (χ2n) is 7.36. The zero-order chi connectivity index (χ0) is 20.9. The van der Waals surface area contributed by atoms with Crippen molar-refractivity contribution in [2.45, 2.75) is 19.9 Å². The summed E-state index contributed by atoms with van der Waals surface area (Å²) in [5.74, 6) is 1.05. The van der Waals surface area contributed by atoms with E-state index in [4.69, 9.17) is 4.42 Å². The van der Waals surface area contributed by atoms with Crippen LogP contribution in [0.3, 0.4) is 0 Å². The van der Waals surface area contributed by atoms with Crippen molar-refractivity contribution in [3.8, 4) is 0 Å². The van der Waals surface area contributed by atoms with Crippen LogP contribution >= 0.6 is 35.3 Å². The Labute approximate surface area is 203 Å². The lowest BCUT2D eigenvalue weighted by molar-refractivity contribution is -0.130. The number of halogens is 1. The highest BCUT2D eigenvalue weighted by Crippen LogP contribution is 2.24. The van der Waals surface area contributed by atoms with Gasteiger partial charge in [-0.15, -0.1) is 35.3 Å². The van der Waals surface area contributed by atoms with Crippen molar-refractivity contribution in [3.63, 3.8) is 0 Å². The maximum absolute atomic E-state index is 12.7. The molecule has 168 valence electrons. The summed E-state index contributed by atoms with van der Waals surface area (Å²) in [7, 11) is 0. The van der Waals surface area contributed by atoms with Gasteiger partial charge in [-0.05, 0) is 42.5 Å². The van der Waals surface area contributed by atoms with Crippen LogP contribution in [0, 0.1) is 0 Å². The fraction of sp³-hybridized carbons (Fsp3) is 0.476. The first-order valence-electron chi connectivity index (χ1n) is 10.3. The molecule has 0 bridgehead atoms. The van der Waals surface area contributed by atoms with Gasteiger partial charge in [-0.25, -0.2) is 4.99 Å². The maximum atomic E-state index is 12.7. The Bertz CT molecular complexity index is 906. The van der Waals surface area contributed by atoms with Crippen molar-refractivity contribution >= 4 is 53.1 Å². The maximum Gasteiger partial charge on any atom is 0.289 e. The second-order valence-corrected chi connectivity index (χ2v) is 8.36. The highest BCUT2D eigenvalue weighted by atomic mass is 127.